The molecule has 27 heavy (non-hydrogen) atoms. The van der Waals surface area contributed by atoms with Gasteiger partial charge in [-0.2, -0.15) is 0 Å². The first kappa shape index (κ1) is 20.8. The van der Waals surface area contributed by atoms with Gasteiger partial charge in [-0.25, -0.2) is 17.9 Å². The van der Waals surface area contributed by atoms with Gasteiger partial charge < -0.3 is 10.1 Å². The number of esters is 1. The zero-order valence-electron chi connectivity index (χ0n) is 15.1. The van der Waals surface area contributed by atoms with Crippen molar-refractivity contribution in [3.8, 4) is 0 Å². The molecule has 144 valence electrons. The number of hydrogen-bond acceptors (Lipinski definition) is 6. The third-order valence-corrected chi connectivity index (χ3v) is 5.90. The molecule has 1 amide bonds. The number of hydrogen-bond donors (Lipinski definition) is 2. The van der Waals surface area contributed by atoms with Gasteiger partial charge in [0.1, 0.15) is 4.88 Å². The summed E-state index contributed by atoms with van der Waals surface area (Å²) < 4.78 is 31.3. The van der Waals surface area contributed by atoms with Crippen molar-refractivity contribution in [1.29, 1.82) is 0 Å². The van der Waals surface area contributed by atoms with Gasteiger partial charge in [-0.1, -0.05) is 12.1 Å². The Labute approximate surface area is 162 Å². The van der Waals surface area contributed by atoms with Crippen LogP contribution < -0.4 is 10.0 Å². The normalized spacial score (nSPS) is 11.7. The van der Waals surface area contributed by atoms with E-state index in [1.807, 2.05) is 0 Å². The number of amides is 1. The van der Waals surface area contributed by atoms with Crippen molar-refractivity contribution in [2.24, 2.45) is 0 Å². The Morgan fingerprint density at radius 1 is 1.11 bits per heavy atom. The van der Waals surface area contributed by atoms with Gasteiger partial charge in [-0.05, 0) is 49.8 Å². The lowest BCUT2D eigenvalue weighted by Crippen LogP contribution is -2.30. The van der Waals surface area contributed by atoms with Gasteiger partial charge in [-0.3, -0.25) is 4.79 Å². The molecule has 0 unspecified atom stereocenters. The predicted octanol–water partition coefficient (Wildman–Crippen LogP) is 2.87. The van der Waals surface area contributed by atoms with E-state index in [9.17, 15) is 18.0 Å². The van der Waals surface area contributed by atoms with Crippen LogP contribution >= 0.6 is 11.3 Å². The second-order valence-corrected chi connectivity index (χ2v) is 8.62. The van der Waals surface area contributed by atoms with Crippen LogP contribution in [-0.4, -0.2) is 33.4 Å². The minimum atomic E-state index is -3.55. The number of sulfonamides is 1. The van der Waals surface area contributed by atoms with Crippen molar-refractivity contribution in [2.45, 2.75) is 24.8 Å². The van der Waals surface area contributed by atoms with Gasteiger partial charge in [0.05, 0.1) is 17.0 Å². The summed E-state index contributed by atoms with van der Waals surface area (Å²) in [7, 11) is -2.25. The fraction of sp³-hybridized carbons (Fsp3) is 0.222. The summed E-state index contributed by atoms with van der Waals surface area (Å²) in [6, 6.07) is 9.16. The molecule has 0 bridgehead atoms. The van der Waals surface area contributed by atoms with Crippen LogP contribution in [0.15, 0.2) is 47.4 Å². The first-order valence-electron chi connectivity index (χ1n) is 8.01. The molecular formula is C18H20N2O5S2. The highest BCUT2D eigenvalue weighted by Crippen LogP contribution is 2.22. The maximum Gasteiger partial charge on any atom is 0.348 e. The molecule has 2 rings (SSSR count). The van der Waals surface area contributed by atoms with E-state index in [2.05, 4.69) is 14.8 Å². The Morgan fingerprint density at radius 3 is 2.37 bits per heavy atom. The topological polar surface area (TPSA) is 102 Å². The molecule has 1 aromatic carbocycles. The molecule has 9 heteroatoms. The molecule has 2 aromatic rings. The number of rotatable bonds is 7. The number of anilines is 1. The van der Waals surface area contributed by atoms with Crippen molar-refractivity contribution >= 4 is 44.3 Å². The molecule has 0 saturated heterocycles. The summed E-state index contributed by atoms with van der Waals surface area (Å²) in [5, 5.41) is 3.17. The average Bonchev–Trinajstić information content (AvgIpc) is 3.07. The molecule has 1 heterocycles. The first-order chi connectivity index (χ1) is 12.7. The molecule has 7 nitrogen and oxygen atoms in total. The second kappa shape index (κ2) is 8.94. The summed E-state index contributed by atoms with van der Waals surface area (Å²) in [4.78, 5) is 23.9. The third-order valence-electron chi connectivity index (χ3n) is 3.25. The van der Waals surface area contributed by atoms with Crippen LogP contribution in [0, 0.1) is 0 Å². The van der Waals surface area contributed by atoms with Gasteiger partial charge in [0.2, 0.25) is 15.9 Å². The number of nitrogens with one attached hydrogen (secondary N) is 2. The van der Waals surface area contributed by atoms with Gasteiger partial charge in [0, 0.05) is 12.1 Å². The van der Waals surface area contributed by atoms with Crippen LogP contribution in [-0.2, 0) is 19.6 Å². The van der Waals surface area contributed by atoms with Crippen LogP contribution in [0.3, 0.4) is 0 Å². The largest absolute Gasteiger partial charge is 0.465 e. The van der Waals surface area contributed by atoms with Crippen molar-refractivity contribution in [3.05, 3.63) is 52.9 Å². The molecule has 1 aromatic heterocycles. The molecule has 0 spiro atoms. The van der Waals surface area contributed by atoms with E-state index < -0.39 is 16.0 Å². The Kier molecular flexibility index (Phi) is 6.89. The highest BCUT2D eigenvalue weighted by Gasteiger charge is 2.14. The lowest BCUT2D eigenvalue weighted by atomic mass is 10.2. The highest BCUT2D eigenvalue weighted by atomic mass is 32.2. The van der Waals surface area contributed by atoms with Gasteiger partial charge in [0.25, 0.3) is 0 Å². The summed E-state index contributed by atoms with van der Waals surface area (Å²) in [5.74, 6) is -0.829. The zero-order chi connectivity index (χ0) is 20.0. The Morgan fingerprint density at radius 2 is 1.78 bits per heavy atom. The summed E-state index contributed by atoms with van der Waals surface area (Å²) >= 11 is 1.11. The summed E-state index contributed by atoms with van der Waals surface area (Å²) in [5.41, 5.74) is 0.676. The van der Waals surface area contributed by atoms with Crippen LogP contribution in [0.4, 0.5) is 5.00 Å². The predicted molar refractivity (Wildman–Crippen MR) is 105 cm³/mol. The minimum Gasteiger partial charge on any atom is -0.465 e. The van der Waals surface area contributed by atoms with Gasteiger partial charge in [-0.15, -0.1) is 11.3 Å². The maximum atomic E-state index is 12.1. The molecular weight excluding hydrogens is 388 g/mol. The van der Waals surface area contributed by atoms with Crippen molar-refractivity contribution in [1.82, 2.24) is 4.72 Å². The maximum absolute atomic E-state index is 12.1. The van der Waals surface area contributed by atoms with Crippen molar-refractivity contribution in [2.75, 3.05) is 12.4 Å². The number of ether oxygens (including phenoxy) is 1. The molecule has 0 aliphatic rings. The SMILES string of the molecule is COC(=O)c1ccc(NC(=O)/C=C/c2ccc(S(=O)(=O)NC(C)C)cc2)s1. The smallest absolute Gasteiger partial charge is 0.348 e. The lowest BCUT2D eigenvalue weighted by Gasteiger charge is -2.09. The number of benzene rings is 1. The molecule has 0 aliphatic carbocycles. The van der Waals surface area contributed by atoms with E-state index in [1.54, 1.807) is 44.2 Å². The fourth-order valence-corrected chi connectivity index (χ4v) is 4.17. The molecule has 0 aliphatic heterocycles. The van der Waals surface area contributed by atoms with Crippen LogP contribution in [0.2, 0.25) is 0 Å². The third kappa shape index (κ3) is 6.02. The Bertz CT molecular complexity index is 944. The van der Waals surface area contributed by atoms with E-state index in [4.69, 9.17) is 0 Å². The van der Waals surface area contributed by atoms with Crippen LogP contribution in [0.25, 0.3) is 6.08 Å². The monoisotopic (exact) mass is 408 g/mol. The number of carbonyl (C=O) groups is 2. The lowest BCUT2D eigenvalue weighted by molar-refractivity contribution is -0.111. The fourth-order valence-electron chi connectivity index (χ4n) is 2.09. The average molecular weight is 409 g/mol. The van der Waals surface area contributed by atoms with E-state index in [0.29, 0.717) is 15.4 Å². The number of thiophene rings is 1. The van der Waals surface area contributed by atoms with E-state index in [1.165, 1.54) is 25.3 Å². The first-order valence-corrected chi connectivity index (χ1v) is 10.3. The van der Waals surface area contributed by atoms with E-state index >= 15 is 0 Å². The van der Waals surface area contributed by atoms with Crippen LogP contribution in [0.5, 0.6) is 0 Å². The summed E-state index contributed by atoms with van der Waals surface area (Å²) in [6.45, 7) is 3.49. The molecule has 0 saturated carbocycles. The van der Waals surface area contributed by atoms with Crippen LogP contribution in [0.1, 0.15) is 29.1 Å². The van der Waals surface area contributed by atoms with Crippen molar-refractivity contribution in [3.63, 3.8) is 0 Å². The molecule has 0 atom stereocenters. The highest BCUT2D eigenvalue weighted by molar-refractivity contribution is 7.89. The standard InChI is InChI=1S/C18H20N2O5S2/c1-12(2)20-27(23,24)14-7-4-13(5-8-14)6-10-16(21)19-17-11-9-15(26-17)18(22)25-3/h4-12,20H,1-3H3,(H,19,21)/b10-6+. The number of methoxy groups -OCH3 is 1. The van der Waals surface area contributed by atoms with Crippen molar-refractivity contribution < 1.29 is 22.7 Å². The van der Waals surface area contributed by atoms with Gasteiger partial charge >= 0.3 is 5.97 Å². The molecule has 2 N–H and O–H groups in total. The Balaban J connectivity index is 2.00. The Hall–Kier alpha value is -2.49. The van der Waals surface area contributed by atoms with E-state index in [0.717, 1.165) is 11.3 Å². The number of carbonyl (C=O) groups excluding carboxylic acids is 2. The minimum absolute atomic E-state index is 0.159. The zero-order valence-corrected chi connectivity index (χ0v) is 16.7. The van der Waals surface area contributed by atoms with Gasteiger partial charge in [0.15, 0.2) is 0 Å². The quantitative estimate of drug-likeness (QED) is 0.542. The second-order valence-electron chi connectivity index (χ2n) is 5.82. The van der Waals surface area contributed by atoms with E-state index in [-0.39, 0.29) is 16.8 Å². The molecule has 0 radical (unpaired) electrons. The summed E-state index contributed by atoms with van der Waals surface area (Å²) in [6.07, 6.45) is 2.89. The molecule has 0 fully saturated rings.